The van der Waals surface area contributed by atoms with Crippen molar-refractivity contribution in [3.05, 3.63) is 23.8 Å². The van der Waals surface area contributed by atoms with Gasteiger partial charge in [-0.05, 0) is 24.8 Å². The van der Waals surface area contributed by atoms with Gasteiger partial charge in [-0.1, -0.05) is 26.0 Å². The Morgan fingerprint density at radius 2 is 2.05 bits per heavy atom. The topological polar surface area (TPSA) is 39.7 Å². The normalized spacial score (nSPS) is 14.5. The van der Waals surface area contributed by atoms with Gasteiger partial charge >= 0.3 is 0 Å². The molecular weight excluding hydrogens is 266 g/mol. The molecule has 1 aromatic carbocycles. The molecule has 1 saturated carbocycles. The summed E-state index contributed by atoms with van der Waals surface area (Å²) in [5.41, 5.74) is 1.14. The lowest BCUT2D eigenvalue weighted by Gasteiger charge is -2.16. The summed E-state index contributed by atoms with van der Waals surface area (Å²) in [6.45, 7) is 7.02. The van der Waals surface area contributed by atoms with Crippen LogP contribution in [0, 0.1) is 5.92 Å². The first-order valence-corrected chi connectivity index (χ1v) is 7.80. The molecule has 0 radical (unpaired) electrons. The highest BCUT2D eigenvalue weighted by Gasteiger charge is 2.21. The van der Waals surface area contributed by atoms with Crippen LogP contribution >= 0.6 is 0 Å². The van der Waals surface area contributed by atoms with Crippen LogP contribution in [0.15, 0.2) is 18.2 Å². The van der Waals surface area contributed by atoms with Gasteiger partial charge in [0.25, 0.3) is 0 Å². The zero-order chi connectivity index (χ0) is 15.1. The second kappa shape index (κ2) is 8.25. The van der Waals surface area contributed by atoms with E-state index < -0.39 is 0 Å². The second-order valence-electron chi connectivity index (χ2n) is 5.92. The Bertz CT molecular complexity index is 430. The Labute approximate surface area is 127 Å². The molecule has 0 atom stereocenters. The summed E-state index contributed by atoms with van der Waals surface area (Å²) in [6.07, 6.45) is 2.56. The smallest absolute Gasteiger partial charge is 0.165 e. The van der Waals surface area contributed by atoms with E-state index in [0.29, 0.717) is 25.2 Å². The molecule has 0 amide bonds. The lowest BCUT2D eigenvalue weighted by Crippen LogP contribution is -2.17. The van der Waals surface area contributed by atoms with Crippen LogP contribution in [0.2, 0.25) is 0 Å². The van der Waals surface area contributed by atoms with Crippen LogP contribution in [0.1, 0.15) is 32.3 Å². The molecule has 0 aromatic heterocycles. The van der Waals surface area contributed by atoms with Gasteiger partial charge in [0.2, 0.25) is 0 Å². The summed E-state index contributed by atoms with van der Waals surface area (Å²) in [5.74, 6) is 2.17. The molecule has 1 aliphatic carbocycles. The fourth-order valence-corrected chi connectivity index (χ4v) is 2.09. The first kappa shape index (κ1) is 16.1. The average molecular weight is 293 g/mol. The van der Waals surface area contributed by atoms with Crippen molar-refractivity contribution in [3.63, 3.8) is 0 Å². The van der Waals surface area contributed by atoms with E-state index in [1.807, 2.05) is 12.1 Å². The predicted molar refractivity (Wildman–Crippen MR) is 84.0 cm³/mol. The van der Waals surface area contributed by atoms with Crippen molar-refractivity contribution in [3.8, 4) is 11.5 Å². The fraction of sp³-hybridized carbons (Fsp3) is 0.647. The van der Waals surface area contributed by atoms with Crippen molar-refractivity contribution in [2.45, 2.75) is 39.3 Å². The number of rotatable bonds is 10. The molecule has 2 rings (SSSR count). The number of para-hydroxylation sites is 1. The van der Waals surface area contributed by atoms with Crippen LogP contribution in [0.4, 0.5) is 0 Å². The molecule has 0 spiro atoms. The van der Waals surface area contributed by atoms with Crippen LogP contribution < -0.4 is 14.8 Å². The summed E-state index contributed by atoms with van der Waals surface area (Å²) in [7, 11) is 1.68. The van der Waals surface area contributed by atoms with E-state index in [4.69, 9.17) is 14.2 Å². The zero-order valence-corrected chi connectivity index (χ0v) is 13.4. The van der Waals surface area contributed by atoms with Crippen molar-refractivity contribution in [2.75, 3.05) is 26.9 Å². The van der Waals surface area contributed by atoms with Gasteiger partial charge < -0.3 is 19.5 Å². The van der Waals surface area contributed by atoms with E-state index in [2.05, 4.69) is 25.2 Å². The van der Waals surface area contributed by atoms with E-state index in [0.717, 1.165) is 30.2 Å². The molecule has 0 bridgehead atoms. The van der Waals surface area contributed by atoms with Gasteiger partial charge in [-0.15, -0.1) is 0 Å². The van der Waals surface area contributed by atoms with Gasteiger partial charge in [-0.25, -0.2) is 0 Å². The number of hydrogen-bond acceptors (Lipinski definition) is 4. The standard InChI is InChI=1S/C17H27NO3/c1-13(2)12-20-9-10-21-17-14(11-18-15-7-8-15)5-4-6-16(17)19-3/h4-6,13,15,18H,7-12H2,1-3H3. The lowest BCUT2D eigenvalue weighted by molar-refractivity contribution is 0.0807. The highest BCUT2D eigenvalue weighted by molar-refractivity contribution is 5.46. The first-order chi connectivity index (χ1) is 10.2. The van der Waals surface area contributed by atoms with Crippen molar-refractivity contribution in [2.24, 2.45) is 5.92 Å². The minimum absolute atomic E-state index is 0.545. The third-order valence-corrected chi connectivity index (χ3v) is 3.36. The fourth-order valence-electron chi connectivity index (χ4n) is 2.09. The molecule has 0 heterocycles. The Kier molecular flexibility index (Phi) is 6.33. The largest absolute Gasteiger partial charge is 0.493 e. The molecule has 1 N–H and O–H groups in total. The Morgan fingerprint density at radius 3 is 2.71 bits per heavy atom. The monoisotopic (exact) mass is 293 g/mol. The molecule has 4 nitrogen and oxygen atoms in total. The number of hydrogen-bond donors (Lipinski definition) is 1. The van der Waals surface area contributed by atoms with E-state index >= 15 is 0 Å². The highest BCUT2D eigenvalue weighted by atomic mass is 16.5. The average Bonchev–Trinajstić information content (AvgIpc) is 3.29. The minimum atomic E-state index is 0.545. The van der Waals surface area contributed by atoms with Gasteiger partial charge in [0.15, 0.2) is 11.5 Å². The van der Waals surface area contributed by atoms with Gasteiger partial charge in [0, 0.05) is 24.8 Å². The van der Waals surface area contributed by atoms with Crippen LogP contribution in [-0.4, -0.2) is 33.0 Å². The van der Waals surface area contributed by atoms with Gasteiger partial charge in [-0.2, -0.15) is 0 Å². The van der Waals surface area contributed by atoms with E-state index in [-0.39, 0.29) is 0 Å². The van der Waals surface area contributed by atoms with Crippen molar-refractivity contribution in [1.29, 1.82) is 0 Å². The molecular formula is C17H27NO3. The quantitative estimate of drug-likeness (QED) is 0.673. The predicted octanol–water partition coefficient (Wildman–Crippen LogP) is 3.00. The summed E-state index contributed by atoms with van der Waals surface area (Å²) in [5, 5.41) is 3.51. The molecule has 0 saturated heterocycles. The van der Waals surface area contributed by atoms with Crippen LogP contribution in [0.5, 0.6) is 11.5 Å². The Balaban J connectivity index is 1.87. The van der Waals surface area contributed by atoms with Crippen LogP contribution in [0.25, 0.3) is 0 Å². The molecule has 1 aliphatic rings. The van der Waals surface area contributed by atoms with Gasteiger partial charge in [-0.3, -0.25) is 0 Å². The zero-order valence-electron chi connectivity index (χ0n) is 13.4. The molecule has 118 valence electrons. The maximum Gasteiger partial charge on any atom is 0.165 e. The SMILES string of the molecule is COc1cccc(CNC2CC2)c1OCCOCC(C)C. The van der Waals surface area contributed by atoms with Crippen molar-refractivity contribution >= 4 is 0 Å². The molecule has 0 aliphatic heterocycles. The molecule has 1 fully saturated rings. The van der Waals surface area contributed by atoms with Crippen molar-refractivity contribution < 1.29 is 14.2 Å². The third-order valence-electron chi connectivity index (χ3n) is 3.36. The molecule has 21 heavy (non-hydrogen) atoms. The molecule has 1 aromatic rings. The maximum atomic E-state index is 5.90. The van der Waals surface area contributed by atoms with Gasteiger partial charge in [0.1, 0.15) is 6.61 Å². The Morgan fingerprint density at radius 1 is 1.24 bits per heavy atom. The summed E-state index contributed by atoms with van der Waals surface area (Å²) in [6, 6.07) is 6.70. The van der Waals surface area contributed by atoms with Crippen LogP contribution in [0.3, 0.4) is 0 Å². The molecule has 0 unspecified atom stereocenters. The third kappa shape index (κ3) is 5.56. The van der Waals surface area contributed by atoms with Gasteiger partial charge in [0.05, 0.1) is 13.7 Å². The Hall–Kier alpha value is -1.26. The summed E-state index contributed by atoms with van der Waals surface area (Å²) >= 11 is 0. The summed E-state index contributed by atoms with van der Waals surface area (Å²) in [4.78, 5) is 0. The number of ether oxygens (including phenoxy) is 3. The maximum absolute atomic E-state index is 5.90. The lowest BCUT2D eigenvalue weighted by atomic mass is 10.2. The van der Waals surface area contributed by atoms with Crippen molar-refractivity contribution in [1.82, 2.24) is 5.32 Å². The second-order valence-corrected chi connectivity index (χ2v) is 5.92. The van der Waals surface area contributed by atoms with E-state index in [1.165, 1.54) is 12.8 Å². The number of benzene rings is 1. The van der Waals surface area contributed by atoms with E-state index in [1.54, 1.807) is 7.11 Å². The minimum Gasteiger partial charge on any atom is -0.493 e. The molecule has 4 heteroatoms. The van der Waals surface area contributed by atoms with Crippen LogP contribution in [-0.2, 0) is 11.3 Å². The summed E-state index contributed by atoms with van der Waals surface area (Å²) < 4.78 is 16.9. The van der Waals surface area contributed by atoms with E-state index in [9.17, 15) is 0 Å². The first-order valence-electron chi connectivity index (χ1n) is 7.80. The highest BCUT2D eigenvalue weighted by Crippen LogP contribution is 2.31. The number of methoxy groups -OCH3 is 1. The number of nitrogens with one attached hydrogen (secondary N) is 1.